The van der Waals surface area contributed by atoms with E-state index < -0.39 is 6.10 Å². The van der Waals surface area contributed by atoms with Gasteiger partial charge in [0.25, 0.3) is 5.91 Å². The molecule has 0 radical (unpaired) electrons. The Balaban J connectivity index is 1.84. The summed E-state index contributed by atoms with van der Waals surface area (Å²) in [6.07, 6.45) is -0.633. The van der Waals surface area contributed by atoms with Gasteiger partial charge in [0.05, 0.1) is 0 Å². The van der Waals surface area contributed by atoms with Crippen molar-refractivity contribution in [3.05, 3.63) is 64.9 Å². The lowest BCUT2D eigenvalue weighted by Gasteiger charge is -2.14. The average molecular weight is 308 g/mol. The highest BCUT2D eigenvalue weighted by molar-refractivity contribution is 6.30. The van der Waals surface area contributed by atoms with E-state index in [0.717, 1.165) is 5.56 Å². The Labute approximate surface area is 127 Å². The van der Waals surface area contributed by atoms with Crippen LogP contribution in [0.25, 0.3) is 0 Å². The molecular formula is C16H15ClFNO2. The lowest BCUT2D eigenvalue weighted by molar-refractivity contribution is -0.127. The van der Waals surface area contributed by atoms with Gasteiger partial charge in [-0.3, -0.25) is 4.79 Å². The van der Waals surface area contributed by atoms with E-state index in [1.165, 1.54) is 12.1 Å². The number of nitrogens with one attached hydrogen (secondary N) is 1. The Morgan fingerprint density at radius 1 is 1.19 bits per heavy atom. The molecule has 0 saturated heterocycles. The fraction of sp³-hybridized carbons (Fsp3) is 0.188. The van der Waals surface area contributed by atoms with E-state index in [0.29, 0.717) is 17.3 Å². The Morgan fingerprint density at radius 2 is 1.81 bits per heavy atom. The second-order valence-corrected chi connectivity index (χ2v) is 4.99. The maximum Gasteiger partial charge on any atom is 0.261 e. The molecule has 1 unspecified atom stereocenters. The van der Waals surface area contributed by atoms with Gasteiger partial charge in [-0.25, -0.2) is 4.39 Å². The zero-order valence-corrected chi connectivity index (χ0v) is 12.2. The van der Waals surface area contributed by atoms with Gasteiger partial charge in [-0.1, -0.05) is 23.7 Å². The fourth-order valence-electron chi connectivity index (χ4n) is 1.71. The molecule has 0 saturated carbocycles. The Hall–Kier alpha value is -2.07. The molecule has 5 heteroatoms. The minimum Gasteiger partial charge on any atom is -0.481 e. The van der Waals surface area contributed by atoms with Gasteiger partial charge in [-0.2, -0.15) is 0 Å². The second-order valence-electron chi connectivity index (χ2n) is 4.56. The molecule has 0 aromatic heterocycles. The van der Waals surface area contributed by atoms with Crippen molar-refractivity contribution in [3.63, 3.8) is 0 Å². The molecule has 0 heterocycles. The van der Waals surface area contributed by atoms with Gasteiger partial charge in [0, 0.05) is 11.6 Å². The number of carbonyl (C=O) groups is 1. The van der Waals surface area contributed by atoms with Crippen LogP contribution in [0.15, 0.2) is 48.5 Å². The zero-order valence-electron chi connectivity index (χ0n) is 11.5. The SMILES string of the molecule is CC(Oc1ccc(Cl)cc1)C(=O)NCc1ccc(F)cc1. The molecule has 2 rings (SSSR count). The first kappa shape index (κ1) is 15.3. The molecule has 110 valence electrons. The molecule has 0 aliphatic rings. The predicted octanol–water partition coefficient (Wildman–Crippen LogP) is 3.56. The summed E-state index contributed by atoms with van der Waals surface area (Å²) in [5.41, 5.74) is 0.823. The number of halogens is 2. The van der Waals surface area contributed by atoms with Gasteiger partial charge in [0.15, 0.2) is 6.10 Å². The van der Waals surface area contributed by atoms with Crippen molar-refractivity contribution >= 4 is 17.5 Å². The maximum absolute atomic E-state index is 12.8. The lowest BCUT2D eigenvalue weighted by Crippen LogP contribution is -2.35. The van der Waals surface area contributed by atoms with Crippen molar-refractivity contribution in [3.8, 4) is 5.75 Å². The van der Waals surface area contributed by atoms with Crippen LogP contribution in [-0.4, -0.2) is 12.0 Å². The summed E-state index contributed by atoms with van der Waals surface area (Å²) in [7, 11) is 0. The molecular weight excluding hydrogens is 293 g/mol. The predicted molar refractivity (Wildman–Crippen MR) is 79.8 cm³/mol. The van der Waals surface area contributed by atoms with Gasteiger partial charge in [-0.15, -0.1) is 0 Å². The van der Waals surface area contributed by atoms with Crippen molar-refractivity contribution in [2.75, 3.05) is 0 Å². The van der Waals surface area contributed by atoms with Gasteiger partial charge >= 0.3 is 0 Å². The minimum absolute atomic E-state index is 0.241. The number of carbonyl (C=O) groups excluding carboxylic acids is 1. The number of rotatable bonds is 5. The van der Waals surface area contributed by atoms with Crippen molar-refractivity contribution in [2.45, 2.75) is 19.6 Å². The largest absolute Gasteiger partial charge is 0.481 e. The topological polar surface area (TPSA) is 38.3 Å². The summed E-state index contributed by atoms with van der Waals surface area (Å²) in [6, 6.07) is 12.8. The fourth-order valence-corrected chi connectivity index (χ4v) is 1.83. The summed E-state index contributed by atoms with van der Waals surface area (Å²) < 4.78 is 18.3. The average Bonchev–Trinajstić information content (AvgIpc) is 2.48. The van der Waals surface area contributed by atoms with Crippen molar-refractivity contribution in [1.29, 1.82) is 0 Å². The van der Waals surface area contributed by atoms with Crippen LogP contribution in [0.2, 0.25) is 5.02 Å². The van der Waals surface area contributed by atoms with Crippen LogP contribution in [0.4, 0.5) is 4.39 Å². The van der Waals surface area contributed by atoms with E-state index in [1.807, 2.05) is 0 Å². The van der Waals surface area contributed by atoms with E-state index in [4.69, 9.17) is 16.3 Å². The summed E-state index contributed by atoms with van der Waals surface area (Å²) in [6.45, 7) is 1.99. The first-order valence-electron chi connectivity index (χ1n) is 6.49. The lowest BCUT2D eigenvalue weighted by atomic mass is 10.2. The molecule has 2 aromatic carbocycles. The Morgan fingerprint density at radius 3 is 2.43 bits per heavy atom. The standard InChI is InChI=1S/C16H15ClFNO2/c1-11(21-15-8-4-13(17)5-9-15)16(20)19-10-12-2-6-14(18)7-3-12/h2-9,11H,10H2,1H3,(H,19,20). The van der Waals surface area contributed by atoms with E-state index in [-0.39, 0.29) is 11.7 Å². The summed E-state index contributed by atoms with van der Waals surface area (Å²) >= 11 is 5.78. The number of ether oxygens (including phenoxy) is 1. The van der Waals surface area contributed by atoms with Crippen molar-refractivity contribution < 1.29 is 13.9 Å². The highest BCUT2D eigenvalue weighted by Gasteiger charge is 2.14. The van der Waals surface area contributed by atoms with Crippen LogP contribution in [0.3, 0.4) is 0 Å². The number of hydrogen-bond donors (Lipinski definition) is 1. The molecule has 1 N–H and O–H groups in total. The van der Waals surface area contributed by atoms with E-state index in [2.05, 4.69) is 5.32 Å². The molecule has 1 atom stereocenters. The summed E-state index contributed by atoms with van der Waals surface area (Å²) in [5, 5.41) is 3.34. The highest BCUT2D eigenvalue weighted by atomic mass is 35.5. The smallest absolute Gasteiger partial charge is 0.261 e. The van der Waals surface area contributed by atoms with Gasteiger partial charge < -0.3 is 10.1 Å². The Bertz CT molecular complexity index is 599. The molecule has 0 aliphatic heterocycles. The monoisotopic (exact) mass is 307 g/mol. The Kier molecular flexibility index (Phi) is 5.17. The molecule has 0 fully saturated rings. The highest BCUT2D eigenvalue weighted by Crippen LogP contribution is 2.16. The van der Waals surface area contributed by atoms with E-state index in [9.17, 15) is 9.18 Å². The zero-order chi connectivity index (χ0) is 15.2. The van der Waals surface area contributed by atoms with Gasteiger partial charge in [-0.05, 0) is 48.9 Å². The molecule has 0 bridgehead atoms. The quantitative estimate of drug-likeness (QED) is 0.917. The minimum atomic E-state index is -0.633. The van der Waals surface area contributed by atoms with Crippen molar-refractivity contribution in [2.24, 2.45) is 0 Å². The van der Waals surface area contributed by atoms with Crippen LogP contribution < -0.4 is 10.1 Å². The van der Waals surface area contributed by atoms with E-state index in [1.54, 1.807) is 43.3 Å². The molecule has 2 aromatic rings. The first-order valence-corrected chi connectivity index (χ1v) is 6.87. The normalized spacial score (nSPS) is 11.8. The third-order valence-corrected chi connectivity index (χ3v) is 3.13. The van der Waals surface area contributed by atoms with Crippen LogP contribution in [0.1, 0.15) is 12.5 Å². The van der Waals surface area contributed by atoms with Gasteiger partial charge in [0.1, 0.15) is 11.6 Å². The third kappa shape index (κ3) is 4.76. The third-order valence-electron chi connectivity index (χ3n) is 2.88. The van der Waals surface area contributed by atoms with Crippen LogP contribution in [0.5, 0.6) is 5.75 Å². The molecule has 3 nitrogen and oxygen atoms in total. The number of benzene rings is 2. The summed E-state index contributed by atoms with van der Waals surface area (Å²) in [4.78, 5) is 11.9. The molecule has 0 spiro atoms. The molecule has 0 aliphatic carbocycles. The second kappa shape index (κ2) is 7.09. The molecule has 1 amide bonds. The maximum atomic E-state index is 12.8. The van der Waals surface area contributed by atoms with Gasteiger partial charge in [0.2, 0.25) is 0 Å². The first-order chi connectivity index (χ1) is 10.0. The van der Waals surface area contributed by atoms with E-state index >= 15 is 0 Å². The molecule has 21 heavy (non-hydrogen) atoms. The number of amides is 1. The number of hydrogen-bond acceptors (Lipinski definition) is 2. The van der Waals surface area contributed by atoms with Crippen LogP contribution in [-0.2, 0) is 11.3 Å². The van der Waals surface area contributed by atoms with Crippen molar-refractivity contribution in [1.82, 2.24) is 5.32 Å². The van der Waals surface area contributed by atoms with Crippen LogP contribution in [0, 0.1) is 5.82 Å². The van der Waals surface area contributed by atoms with Crippen LogP contribution >= 0.6 is 11.6 Å². The summed E-state index contributed by atoms with van der Waals surface area (Å²) in [5.74, 6) is 0.0302.